The molecule has 0 aromatic carbocycles. The number of aliphatic hydroxyl groups excluding tert-OH is 1. The molecule has 0 spiro atoms. The fourth-order valence-electron chi connectivity index (χ4n) is 4.70. The third-order valence-electron chi connectivity index (χ3n) is 7.09. The molecule has 0 aliphatic rings. The molecule has 0 fully saturated rings. The fraction of sp³-hybridized carbons (Fsp3) is 0.966. The Hall–Kier alpha value is -0.460. The lowest BCUT2D eigenvalue weighted by Gasteiger charge is -2.24. The van der Waals surface area contributed by atoms with Crippen LogP contribution in [0, 0.1) is 0 Å². The highest BCUT2D eigenvalue weighted by molar-refractivity contribution is 7.46. The number of unbranched alkanes of at least 4 members (excludes halogenated alkanes) is 19. The third kappa shape index (κ3) is 26.9. The van der Waals surface area contributed by atoms with E-state index in [4.69, 9.17) is 9.79 Å². The van der Waals surface area contributed by atoms with Crippen molar-refractivity contribution < 1.29 is 28.8 Å². The van der Waals surface area contributed by atoms with Crippen LogP contribution in [0.5, 0.6) is 0 Å². The van der Waals surface area contributed by atoms with Crippen molar-refractivity contribution in [3.63, 3.8) is 0 Å². The molecule has 222 valence electrons. The van der Waals surface area contributed by atoms with Crippen LogP contribution in [0.15, 0.2) is 0 Å². The molecule has 0 bridgehead atoms. The van der Waals surface area contributed by atoms with E-state index in [1.807, 2.05) is 0 Å². The van der Waals surface area contributed by atoms with E-state index in [1.165, 1.54) is 96.3 Å². The number of nitrogens with one attached hydrogen (secondary N) is 1. The van der Waals surface area contributed by atoms with Gasteiger partial charge in [-0.25, -0.2) is 4.57 Å². The van der Waals surface area contributed by atoms with Crippen LogP contribution in [0.1, 0.15) is 162 Å². The molecule has 2 atom stereocenters. The summed E-state index contributed by atoms with van der Waals surface area (Å²) < 4.78 is 15.8. The van der Waals surface area contributed by atoms with Gasteiger partial charge in [0.1, 0.15) is 0 Å². The molecule has 0 aliphatic heterocycles. The van der Waals surface area contributed by atoms with Gasteiger partial charge in [-0.05, 0) is 12.8 Å². The maximum Gasteiger partial charge on any atom is 0.469 e. The van der Waals surface area contributed by atoms with Crippen molar-refractivity contribution in [2.45, 2.75) is 174 Å². The molecule has 0 unspecified atom stereocenters. The van der Waals surface area contributed by atoms with E-state index in [9.17, 15) is 14.5 Å². The average molecular weight is 550 g/mol. The normalized spacial score (nSPS) is 13.5. The Morgan fingerprint density at radius 1 is 0.676 bits per heavy atom. The highest BCUT2D eigenvalue weighted by Crippen LogP contribution is 2.36. The predicted octanol–water partition coefficient (Wildman–Crippen LogP) is 7.95. The minimum atomic E-state index is -4.67. The van der Waals surface area contributed by atoms with Gasteiger partial charge in [0.2, 0.25) is 5.91 Å². The van der Waals surface area contributed by atoms with Crippen molar-refractivity contribution in [1.29, 1.82) is 0 Å². The van der Waals surface area contributed by atoms with E-state index in [-0.39, 0.29) is 5.91 Å². The molecule has 0 saturated carbocycles. The third-order valence-corrected chi connectivity index (χ3v) is 7.58. The monoisotopic (exact) mass is 549 g/mol. The zero-order valence-electron chi connectivity index (χ0n) is 24.1. The number of rotatable bonds is 28. The first-order valence-corrected chi connectivity index (χ1v) is 17.0. The predicted molar refractivity (Wildman–Crippen MR) is 153 cm³/mol. The summed E-state index contributed by atoms with van der Waals surface area (Å²) in [6.45, 7) is 4.06. The molecule has 8 heteroatoms. The number of aliphatic hydroxyl groups is 1. The summed E-state index contributed by atoms with van der Waals surface area (Å²) >= 11 is 0. The van der Waals surface area contributed by atoms with Crippen LogP contribution in [-0.2, 0) is 13.9 Å². The number of phosphoric acid groups is 1. The molecule has 0 aromatic heterocycles. The van der Waals surface area contributed by atoms with Crippen molar-refractivity contribution in [1.82, 2.24) is 5.32 Å². The van der Waals surface area contributed by atoms with E-state index in [0.717, 1.165) is 38.5 Å². The zero-order chi connectivity index (χ0) is 27.6. The molecule has 0 heterocycles. The molecule has 7 nitrogen and oxygen atoms in total. The van der Waals surface area contributed by atoms with Crippen molar-refractivity contribution in [2.75, 3.05) is 6.61 Å². The lowest BCUT2D eigenvalue weighted by molar-refractivity contribution is -0.123. The topological polar surface area (TPSA) is 116 Å². The van der Waals surface area contributed by atoms with Gasteiger partial charge in [0.25, 0.3) is 0 Å². The van der Waals surface area contributed by atoms with Crippen LogP contribution in [0.25, 0.3) is 0 Å². The standard InChI is InChI=1S/C29H60NO6P/c1-3-5-7-9-11-13-15-16-18-20-22-24-28(31)27(26-36-37(33,34)35)30-29(32)25-23-21-19-17-14-12-10-8-6-4-2/h27-28,31H,3-26H2,1-2H3,(H,30,32)(H2,33,34,35)/t27-,28+/m0/s1. The Morgan fingerprint density at radius 2 is 1.05 bits per heavy atom. The van der Waals surface area contributed by atoms with Crippen molar-refractivity contribution in [2.24, 2.45) is 0 Å². The molecule has 0 rings (SSSR count). The number of amides is 1. The average Bonchev–Trinajstić information content (AvgIpc) is 2.85. The minimum Gasteiger partial charge on any atom is -0.391 e. The van der Waals surface area contributed by atoms with Gasteiger partial charge in [0.05, 0.1) is 18.8 Å². The number of hydrogen-bond acceptors (Lipinski definition) is 4. The van der Waals surface area contributed by atoms with Gasteiger partial charge in [-0.15, -0.1) is 0 Å². The summed E-state index contributed by atoms with van der Waals surface area (Å²) in [6, 6.07) is -0.814. The second-order valence-electron chi connectivity index (χ2n) is 10.8. The molecule has 0 radical (unpaired) electrons. The maximum absolute atomic E-state index is 12.4. The van der Waals surface area contributed by atoms with Crippen molar-refractivity contribution >= 4 is 13.7 Å². The van der Waals surface area contributed by atoms with Crippen LogP contribution in [0.3, 0.4) is 0 Å². The van der Waals surface area contributed by atoms with Gasteiger partial charge in [0.15, 0.2) is 0 Å². The van der Waals surface area contributed by atoms with E-state index < -0.39 is 26.6 Å². The van der Waals surface area contributed by atoms with Gasteiger partial charge >= 0.3 is 7.82 Å². The molecule has 0 saturated heterocycles. The zero-order valence-corrected chi connectivity index (χ0v) is 25.0. The Labute approximate surface area is 228 Å². The number of phosphoric ester groups is 1. The van der Waals surface area contributed by atoms with Gasteiger partial charge in [-0.1, -0.05) is 142 Å². The van der Waals surface area contributed by atoms with Crippen LogP contribution in [0.2, 0.25) is 0 Å². The smallest absolute Gasteiger partial charge is 0.391 e. The summed E-state index contributed by atoms with van der Waals surface area (Å²) in [4.78, 5) is 30.5. The second-order valence-corrected chi connectivity index (χ2v) is 12.0. The summed E-state index contributed by atoms with van der Waals surface area (Å²) in [5, 5.41) is 13.3. The highest BCUT2D eigenvalue weighted by Gasteiger charge is 2.25. The molecular weight excluding hydrogens is 489 g/mol. The maximum atomic E-state index is 12.4. The van der Waals surface area contributed by atoms with E-state index in [1.54, 1.807) is 0 Å². The van der Waals surface area contributed by atoms with Crippen molar-refractivity contribution in [3.8, 4) is 0 Å². The van der Waals surface area contributed by atoms with Crippen LogP contribution in [0.4, 0.5) is 0 Å². The van der Waals surface area contributed by atoms with Gasteiger partial charge in [-0.2, -0.15) is 0 Å². The Bertz CT molecular complexity index is 557. The SMILES string of the molecule is CCCCCCCCCCCCC[C@@H](O)[C@H](COP(=O)(O)O)NC(=O)CCCCCCCCCCCC. The first kappa shape index (κ1) is 36.5. The van der Waals surface area contributed by atoms with Crippen LogP contribution >= 0.6 is 7.82 Å². The molecule has 0 aliphatic carbocycles. The number of hydrogen-bond donors (Lipinski definition) is 4. The highest BCUT2D eigenvalue weighted by atomic mass is 31.2. The Kier molecular flexibility index (Phi) is 25.5. The largest absolute Gasteiger partial charge is 0.469 e. The lowest BCUT2D eigenvalue weighted by atomic mass is 10.0. The van der Waals surface area contributed by atoms with Gasteiger partial charge in [0, 0.05) is 6.42 Å². The summed E-state index contributed by atoms with van der Waals surface area (Å²) in [5.74, 6) is -0.197. The molecular formula is C29H60NO6P. The van der Waals surface area contributed by atoms with Crippen LogP contribution in [-0.4, -0.2) is 39.6 Å². The number of carbonyl (C=O) groups is 1. The number of carbonyl (C=O) groups excluding carboxylic acids is 1. The molecule has 1 amide bonds. The van der Waals surface area contributed by atoms with Crippen molar-refractivity contribution in [3.05, 3.63) is 0 Å². The van der Waals surface area contributed by atoms with Gasteiger partial charge < -0.3 is 20.2 Å². The molecule has 4 N–H and O–H groups in total. The Morgan fingerprint density at radius 3 is 1.46 bits per heavy atom. The fourth-order valence-corrected chi connectivity index (χ4v) is 5.05. The quantitative estimate of drug-likeness (QED) is 0.0581. The molecule has 37 heavy (non-hydrogen) atoms. The first-order chi connectivity index (χ1) is 17.8. The van der Waals surface area contributed by atoms with E-state index in [2.05, 4.69) is 23.7 Å². The summed E-state index contributed by atoms with van der Waals surface area (Å²) in [6.07, 6.45) is 25.1. The second kappa shape index (κ2) is 25.8. The summed E-state index contributed by atoms with van der Waals surface area (Å²) in [5.41, 5.74) is 0. The Balaban J connectivity index is 4.08. The van der Waals surface area contributed by atoms with E-state index in [0.29, 0.717) is 12.8 Å². The van der Waals surface area contributed by atoms with E-state index >= 15 is 0 Å². The minimum absolute atomic E-state index is 0.197. The lowest BCUT2D eigenvalue weighted by Crippen LogP contribution is -2.46. The van der Waals surface area contributed by atoms with Crippen LogP contribution < -0.4 is 5.32 Å². The summed E-state index contributed by atoms with van der Waals surface area (Å²) in [7, 11) is -4.67. The first-order valence-electron chi connectivity index (χ1n) is 15.5. The van der Waals surface area contributed by atoms with Gasteiger partial charge in [-0.3, -0.25) is 9.32 Å². The molecule has 0 aromatic rings.